The molecular weight excluding hydrogens is 216 g/mol. The van der Waals surface area contributed by atoms with Gasteiger partial charge in [-0.1, -0.05) is 26.2 Å². The van der Waals surface area contributed by atoms with Gasteiger partial charge in [0.05, 0.1) is 11.7 Å². The molecule has 1 saturated carbocycles. The zero-order valence-corrected chi connectivity index (χ0v) is 10.5. The predicted octanol–water partition coefficient (Wildman–Crippen LogP) is 3.03. The van der Waals surface area contributed by atoms with Gasteiger partial charge in [0.2, 0.25) is 0 Å². The molecule has 1 aromatic heterocycles. The number of carboxylic acid groups (broad SMARTS) is 1. The molecular formula is C13H20N2O2. The Kier molecular flexibility index (Phi) is 3.50. The van der Waals surface area contributed by atoms with Crippen molar-refractivity contribution in [3.8, 4) is 0 Å². The maximum atomic E-state index is 11.0. The van der Waals surface area contributed by atoms with E-state index in [4.69, 9.17) is 5.11 Å². The van der Waals surface area contributed by atoms with E-state index in [0.29, 0.717) is 17.3 Å². The molecule has 4 nitrogen and oxygen atoms in total. The van der Waals surface area contributed by atoms with Gasteiger partial charge in [0.15, 0.2) is 0 Å². The van der Waals surface area contributed by atoms with E-state index in [9.17, 15) is 4.79 Å². The van der Waals surface area contributed by atoms with E-state index >= 15 is 0 Å². The summed E-state index contributed by atoms with van der Waals surface area (Å²) < 4.78 is 1.88. The van der Waals surface area contributed by atoms with Crippen LogP contribution in [0.15, 0.2) is 6.20 Å². The third-order valence-electron chi connectivity index (χ3n) is 3.85. The Morgan fingerprint density at radius 1 is 1.59 bits per heavy atom. The summed E-state index contributed by atoms with van der Waals surface area (Å²) in [6.45, 7) is 3.99. The van der Waals surface area contributed by atoms with Crippen LogP contribution in [0.5, 0.6) is 0 Å². The molecule has 0 saturated heterocycles. The van der Waals surface area contributed by atoms with Crippen LogP contribution in [0.25, 0.3) is 0 Å². The summed E-state index contributed by atoms with van der Waals surface area (Å²) in [4.78, 5) is 11.0. The van der Waals surface area contributed by atoms with Gasteiger partial charge in [-0.2, -0.15) is 5.10 Å². The molecule has 0 spiro atoms. The van der Waals surface area contributed by atoms with Crippen LogP contribution in [-0.2, 0) is 0 Å². The average molecular weight is 236 g/mol. The van der Waals surface area contributed by atoms with Crippen molar-refractivity contribution in [2.45, 2.75) is 52.0 Å². The second kappa shape index (κ2) is 4.90. The smallest absolute Gasteiger partial charge is 0.339 e. The molecule has 0 aromatic carbocycles. The first-order chi connectivity index (χ1) is 8.11. The lowest BCUT2D eigenvalue weighted by Gasteiger charge is -2.28. The van der Waals surface area contributed by atoms with Gasteiger partial charge in [-0.15, -0.1) is 0 Å². The minimum Gasteiger partial charge on any atom is -0.478 e. The second-order valence-electron chi connectivity index (χ2n) is 5.01. The lowest BCUT2D eigenvalue weighted by Crippen LogP contribution is -2.19. The molecule has 1 heterocycles. The topological polar surface area (TPSA) is 55.1 Å². The third kappa shape index (κ3) is 2.51. The maximum absolute atomic E-state index is 11.0. The number of carboxylic acids is 1. The molecule has 1 N–H and O–H groups in total. The molecule has 0 bridgehead atoms. The van der Waals surface area contributed by atoms with Crippen molar-refractivity contribution >= 4 is 5.97 Å². The Hall–Kier alpha value is -1.32. The summed E-state index contributed by atoms with van der Waals surface area (Å²) in [5.74, 6) is -0.108. The van der Waals surface area contributed by atoms with Crippen molar-refractivity contribution in [2.24, 2.45) is 5.92 Å². The Morgan fingerprint density at radius 2 is 2.35 bits per heavy atom. The van der Waals surface area contributed by atoms with Crippen LogP contribution in [0, 0.1) is 12.8 Å². The van der Waals surface area contributed by atoms with Gasteiger partial charge < -0.3 is 5.11 Å². The maximum Gasteiger partial charge on any atom is 0.339 e. The van der Waals surface area contributed by atoms with E-state index in [2.05, 4.69) is 12.0 Å². The number of hydrogen-bond acceptors (Lipinski definition) is 2. The summed E-state index contributed by atoms with van der Waals surface area (Å²) >= 11 is 0. The Balaban J connectivity index is 2.16. The molecule has 0 radical (unpaired) electrons. The van der Waals surface area contributed by atoms with Gasteiger partial charge in [-0.3, -0.25) is 4.68 Å². The molecule has 2 unspecified atom stereocenters. The highest BCUT2D eigenvalue weighted by molar-refractivity contribution is 5.88. The van der Waals surface area contributed by atoms with E-state index in [1.54, 1.807) is 13.1 Å². The number of hydrogen-bond donors (Lipinski definition) is 1. The molecule has 94 valence electrons. The van der Waals surface area contributed by atoms with E-state index in [1.807, 2.05) is 4.68 Å². The van der Waals surface area contributed by atoms with Gasteiger partial charge >= 0.3 is 5.97 Å². The number of carbonyl (C=O) groups is 1. The van der Waals surface area contributed by atoms with Gasteiger partial charge in [0, 0.05) is 6.20 Å². The molecule has 4 heteroatoms. The summed E-state index contributed by atoms with van der Waals surface area (Å²) in [7, 11) is 0. The quantitative estimate of drug-likeness (QED) is 0.877. The molecule has 1 aliphatic rings. The molecule has 0 aliphatic heterocycles. The molecule has 2 rings (SSSR count). The first-order valence-corrected chi connectivity index (χ1v) is 6.40. The Morgan fingerprint density at radius 3 is 2.94 bits per heavy atom. The number of aryl methyl sites for hydroxylation is 1. The molecule has 1 aromatic rings. The fourth-order valence-corrected chi connectivity index (χ4v) is 2.75. The van der Waals surface area contributed by atoms with Crippen LogP contribution in [0.2, 0.25) is 0 Å². The normalized spacial score (nSPS) is 24.8. The van der Waals surface area contributed by atoms with E-state index in [0.717, 1.165) is 18.8 Å². The van der Waals surface area contributed by atoms with Crippen LogP contribution in [-0.4, -0.2) is 20.9 Å². The average Bonchev–Trinajstić information content (AvgIpc) is 2.71. The van der Waals surface area contributed by atoms with Gasteiger partial charge in [-0.05, 0) is 25.7 Å². The van der Waals surface area contributed by atoms with E-state index < -0.39 is 5.97 Å². The molecule has 17 heavy (non-hydrogen) atoms. The highest BCUT2D eigenvalue weighted by Crippen LogP contribution is 2.34. The summed E-state index contributed by atoms with van der Waals surface area (Å²) in [6, 6.07) is 0.389. The predicted molar refractivity (Wildman–Crippen MR) is 65.2 cm³/mol. The minimum absolute atomic E-state index is 0.337. The van der Waals surface area contributed by atoms with Crippen molar-refractivity contribution in [1.29, 1.82) is 0 Å². The fourth-order valence-electron chi connectivity index (χ4n) is 2.75. The number of rotatable bonds is 3. The van der Waals surface area contributed by atoms with Gasteiger partial charge in [0.1, 0.15) is 5.56 Å². The van der Waals surface area contributed by atoms with Crippen molar-refractivity contribution in [1.82, 2.24) is 9.78 Å². The number of aromatic nitrogens is 2. The first kappa shape index (κ1) is 12.1. The van der Waals surface area contributed by atoms with Crippen LogP contribution in [0.3, 0.4) is 0 Å². The number of nitrogens with zero attached hydrogens (tertiary/aromatic N) is 2. The van der Waals surface area contributed by atoms with Crippen LogP contribution in [0.1, 0.15) is 61.1 Å². The summed E-state index contributed by atoms with van der Waals surface area (Å²) in [5.41, 5.74) is 0.958. The highest BCUT2D eigenvalue weighted by Gasteiger charge is 2.24. The van der Waals surface area contributed by atoms with Crippen molar-refractivity contribution in [3.05, 3.63) is 17.5 Å². The number of aromatic carboxylic acids is 1. The van der Waals surface area contributed by atoms with Crippen molar-refractivity contribution in [2.75, 3.05) is 0 Å². The van der Waals surface area contributed by atoms with Crippen molar-refractivity contribution < 1.29 is 9.90 Å². The Labute approximate surface area is 102 Å². The van der Waals surface area contributed by atoms with Crippen LogP contribution >= 0.6 is 0 Å². The summed E-state index contributed by atoms with van der Waals surface area (Å²) in [5, 5.41) is 13.4. The third-order valence-corrected chi connectivity index (χ3v) is 3.85. The highest BCUT2D eigenvalue weighted by atomic mass is 16.4. The second-order valence-corrected chi connectivity index (χ2v) is 5.01. The Bertz CT molecular complexity index is 412. The first-order valence-electron chi connectivity index (χ1n) is 6.40. The lowest BCUT2D eigenvalue weighted by atomic mass is 9.84. The van der Waals surface area contributed by atoms with Gasteiger partial charge in [0.25, 0.3) is 0 Å². The monoisotopic (exact) mass is 236 g/mol. The van der Waals surface area contributed by atoms with E-state index in [1.165, 1.54) is 19.3 Å². The molecule has 1 fully saturated rings. The van der Waals surface area contributed by atoms with Crippen molar-refractivity contribution in [3.63, 3.8) is 0 Å². The summed E-state index contributed by atoms with van der Waals surface area (Å²) in [6.07, 6.45) is 7.69. The SMILES string of the molecule is CCC1CCCC(n2cc(C(=O)O)c(C)n2)C1. The molecule has 0 amide bonds. The molecule has 2 atom stereocenters. The zero-order chi connectivity index (χ0) is 12.4. The van der Waals surface area contributed by atoms with Crippen LogP contribution in [0.4, 0.5) is 0 Å². The standard InChI is InChI=1S/C13H20N2O2/c1-3-10-5-4-6-11(7-10)15-8-12(13(16)17)9(2)14-15/h8,10-11H,3-7H2,1-2H3,(H,16,17). The largest absolute Gasteiger partial charge is 0.478 e. The molecule has 1 aliphatic carbocycles. The van der Waals surface area contributed by atoms with Gasteiger partial charge in [-0.25, -0.2) is 4.79 Å². The minimum atomic E-state index is -0.878. The fraction of sp³-hybridized carbons (Fsp3) is 0.692. The van der Waals surface area contributed by atoms with E-state index in [-0.39, 0.29) is 0 Å². The lowest BCUT2D eigenvalue weighted by molar-refractivity contribution is 0.0696. The van der Waals surface area contributed by atoms with Crippen LogP contribution < -0.4 is 0 Å². The zero-order valence-electron chi connectivity index (χ0n) is 10.5.